The third-order valence-corrected chi connectivity index (χ3v) is 5.58. The lowest BCUT2D eigenvalue weighted by Crippen LogP contribution is -2.62. The van der Waals surface area contributed by atoms with Gasteiger partial charge in [0.2, 0.25) is 5.91 Å². The van der Waals surface area contributed by atoms with E-state index in [2.05, 4.69) is 15.4 Å². The summed E-state index contributed by atoms with van der Waals surface area (Å²) in [5.41, 5.74) is 0.635. The van der Waals surface area contributed by atoms with Crippen LogP contribution in [-0.4, -0.2) is 50.4 Å². The van der Waals surface area contributed by atoms with E-state index >= 15 is 0 Å². The Hall–Kier alpha value is -3.29. The van der Waals surface area contributed by atoms with E-state index in [1.54, 1.807) is 41.6 Å². The number of carbonyl (C=O) groups excluding carboxylic acids is 2. The molecule has 1 saturated carbocycles. The summed E-state index contributed by atoms with van der Waals surface area (Å²) >= 11 is 0. The van der Waals surface area contributed by atoms with Crippen LogP contribution < -0.4 is 5.32 Å². The van der Waals surface area contributed by atoms with Crippen molar-refractivity contribution in [3.05, 3.63) is 65.9 Å². The minimum absolute atomic E-state index is 0.0549. The van der Waals surface area contributed by atoms with Crippen molar-refractivity contribution in [2.75, 3.05) is 13.1 Å². The van der Waals surface area contributed by atoms with E-state index in [-0.39, 0.29) is 23.7 Å². The molecule has 0 bridgehead atoms. The van der Waals surface area contributed by atoms with E-state index in [1.165, 1.54) is 16.8 Å². The molecule has 1 N–H and O–H groups in total. The van der Waals surface area contributed by atoms with E-state index in [0.717, 1.165) is 0 Å². The minimum Gasteiger partial charge on any atom is -0.346 e. The molecule has 1 aliphatic carbocycles. The van der Waals surface area contributed by atoms with Crippen molar-refractivity contribution in [1.29, 1.82) is 0 Å². The summed E-state index contributed by atoms with van der Waals surface area (Å²) in [7, 11) is 0. The third kappa shape index (κ3) is 2.56. The predicted molar refractivity (Wildman–Crippen MR) is 98.1 cm³/mol. The van der Waals surface area contributed by atoms with Gasteiger partial charge >= 0.3 is 0 Å². The zero-order chi connectivity index (χ0) is 19.3. The number of hydrogen-bond acceptors (Lipinski definition) is 4. The topological polar surface area (TPSA) is 79.6 Å². The number of nitrogens with one attached hydrogen (secondary N) is 1. The SMILES string of the molecule is O=C(NC1CN(C(=O)C2(c3ccccc3F)CC2)C1)c1cnn2cccnc12. The molecule has 0 unspecified atom stereocenters. The Balaban J connectivity index is 1.24. The molecule has 2 aromatic heterocycles. The van der Waals surface area contributed by atoms with Crippen LogP contribution in [0.4, 0.5) is 4.39 Å². The summed E-state index contributed by atoms with van der Waals surface area (Å²) < 4.78 is 15.7. The monoisotopic (exact) mass is 379 g/mol. The summed E-state index contributed by atoms with van der Waals surface area (Å²) in [6, 6.07) is 8.08. The number of hydrogen-bond donors (Lipinski definition) is 1. The van der Waals surface area contributed by atoms with Gasteiger partial charge in [-0.15, -0.1) is 0 Å². The van der Waals surface area contributed by atoms with Crippen LogP contribution in [-0.2, 0) is 10.2 Å². The first-order valence-corrected chi connectivity index (χ1v) is 9.22. The highest BCUT2D eigenvalue weighted by Gasteiger charge is 2.55. The summed E-state index contributed by atoms with van der Waals surface area (Å²) in [6.45, 7) is 0.848. The van der Waals surface area contributed by atoms with Gasteiger partial charge < -0.3 is 10.2 Å². The first kappa shape index (κ1) is 16.9. The van der Waals surface area contributed by atoms with Crippen LogP contribution in [0.25, 0.3) is 5.65 Å². The predicted octanol–water partition coefficient (Wildman–Crippen LogP) is 1.54. The average molecular weight is 379 g/mol. The van der Waals surface area contributed by atoms with Gasteiger partial charge in [-0.25, -0.2) is 13.9 Å². The van der Waals surface area contributed by atoms with Crippen LogP contribution >= 0.6 is 0 Å². The zero-order valence-corrected chi connectivity index (χ0v) is 15.0. The standard InChI is InChI=1S/C20H18FN5O2/c21-16-5-2-1-4-15(16)20(6-7-20)19(28)25-11-13(12-25)24-18(27)14-10-23-26-9-3-8-22-17(14)26/h1-5,8-10,13H,6-7,11-12H2,(H,24,27). The van der Waals surface area contributed by atoms with Crippen molar-refractivity contribution in [2.24, 2.45) is 0 Å². The van der Waals surface area contributed by atoms with E-state index < -0.39 is 5.41 Å². The maximum Gasteiger partial charge on any atom is 0.257 e. The molecule has 142 valence electrons. The van der Waals surface area contributed by atoms with Crippen LogP contribution in [0.2, 0.25) is 0 Å². The highest BCUT2D eigenvalue weighted by Crippen LogP contribution is 2.50. The first-order valence-electron chi connectivity index (χ1n) is 9.22. The summed E-state index contributed by atoms with van der Waals surface area (Å²) in [5.74, 6) is -0.652. The lowest BCUT2D eigenvalue weighted by molar-refractivity contribution is -0.138. The summed E-state index contributed by atoms with van der Waals surface area (Å²) in [6.07, 6.45) is 6.13. The van der Waals surface area contributed by atoms with Crippen molar-refractivity contribution in [3.63, 3.8) is 0 Å². The molecule has 7 nitrogen and oxygen atoms in total. The number of likely N-dealkylation sites (tertiary alicyclic amines) is 1. The zero-order valence-electron chi connectivity index (χ0n) is 15.0. The van der Waals surface area contributed by atoms with Crippen LogP contribution in [0.15, 0.2) is 48.9 Å². The molecule has 28 heavy (non-hydrogen) atoms. The average Bonchev–Trinajstić information content (AvgIpc) is 3.36. The van der Waals surface area contributed by atoms with Crippen molar-refractivity contribution < 1.29 is 14.0 Å². The molecule has 5 rings (SSSR count). The van der Waals surface area contributed by atoms with Crippen LogP contribution in [0.3, 0.4) is 0 Å². The van der Waals surface area contributed by atoms with Crippen LogP contribution in [0.5, 0.6) is 0 Å². The van der Waals surface area contributed by atoms with Gasteiger partial charge in [0.25, 0.3) is 5.91 Å². The molecule has 0 spiro atoms. The molecule has 2 aliphatic rings. The van der Waals surface area contributed by atoms with Crippen molar-refractivity contribution in [3.8, 4) is 0 Å². The smallest absolute Gasteiger partial charge is 0.257 e. The van der Waals surface area contributed by atoms with Gasteiger partial charge in [-0.1, -0.05) is 18.2 Å². The van der Waals surface area contributed by atoms with E-state index in [0.29, 0.717) is 42.7 Å². The number of nitrogens with zero attached hydrogens (tertiary/aromatic N) is 4. The fourth-order valence-corrected chi connectivity index (χ4v) is 3.86. The fraction of sp³-hybridized carbons (Fsp3) is 0.300. The van der Waals surface area contributed by atoms with Gasteiger partial charge in [0, 0.05) is 31.0 Å². The second-order valence-corrected chi connectivity index (χ2v) is 7.39. The number of amides is 2. The number of benzene rings is 1. The third-order valence-electron chi connectivity index (χ3n) is 5.58. The molecule has 3 heterocycles. The Morgan fingerprint density at radius 2 is 1.96 bits per heavy atom. The molecule has 2 amide bonds. The molecule has 0 atom stereocenters. The quantitative estimate of drug-likeness (QED) is 0.746. The van der Waals surface area contributed by atoms with Gasteiger partial charge in [-0.05, 0) is 25.0 Å². The molecular formula is C20H18FN5O2. The molecule has 8 heteroatoms. The molecular weight excluding hydrogens is 361 g/mol. The van der Waals surface area contributed by atoms with E-state index in [1.807, 2.05) is 0 Å². The number of halogens is 1. The lowest BCUT2D eigenvalue weighted by Gasteiger charge is -2.41. The van der Waals surface area contributed by atoms with Gasteiger partial charge in [-0.2, -0.15) is 5.10 Å². The second kappa shape index (κ2) is 6.12. The first-order chi connectivity index (χ1) is 13.6. The van der Waals surface area contributed by atoms with Crippen molar-refractivity contribution in [1.82, 2.24) is 24.8 Å². The van der Waals surface area contributed by atoms with Gasteiger partial charge in [0.05, 0.1) is 17.7 Å². The fourth-order valence-electron chi connectivity index (χ4n) is 3.86. The summed E-state index contributed by atoms with van der Waals surface area (Å²) in [4.78, 5) is 31.3. The number of rotatable bonds is 4. The van der Waals surface area contributed by atoms with E-state index in [4.69, 9.17) is 0 Å². The highest BCUT2D eigenvalue weighted by molar-refractivity contribution is 6.00. The molecule has 1 aromatic carbocycles. The Labute approximate surface area is 160 Å². The van der Waals surface area contributed by atoms with Gasteiger partial charge in [-0.3, -0.25) is 9.59 Å². The van der Waals surface area contributed by atoms with E-state index in [9.17, 15) is 14.0 Å². The normalized spacial score (nSPS) is 18.0. The van der Waals surface area contributed by atoms with Gasteiger partial charge in [0.1, 0.15) is 11.4 Å². The van der Waals surface area contributed by atoms with Crippen LogP contribution in [0.1, 0.15) is 28.8 Å². The summed E-state index contributed by atoms with van der Waals surface area (Å²) in [5, 5.41) is 7.03. The Morgan fingerprint density at radius 1 is 1.18 bits per heavy atom. The number of aromatic nitrogens is 3. The number of carbonyl (C=O) groups is 2. The molecule has 3 aromatic rings. The van der Waals surface area contributed by atoms with Crippen molar-refractivity contribution in [2.45, 2.75) is 24.3 Å². The largest absolute Gasteiger partial charge is 0.346 e. The minimum atomic E-state index is -0.729. The lowest BCUT2D eigenvalue weighted by atomic mass is 9.92. The number of fused-ring (bicyclic) bond motifs is 1. The molecule has 0 radical (unpaired) electrons. The second-order valence-electron chi connectivity index (χ2n) is 7.39. The Morgan fingerprint density at radius 3 is 2.71 bits per heavy atom. The van der Waals surface area contributed by atoms with Crippen LogP contribution in [0, 0.1) is 5.82 Å². The van der Waals surface area contributed by atoms with Gasteiger partial charge in [0.15, 0.2) is 5.65 Å². The Bertz CT molecular complexity index is 1080. The highest BCUT2D eigenvalue weighted by atomic mass is 19.1. The molecule has 1 saturated heterocycles. The van der Waals surface area contributed by atoms with Crippen molar-refractivity contribution >= 4 is 17.5 Å². The molecule has 1 aliphatic heterocycles. The Kier molecular flexibility index (Phi) is 3.68. The maximum absolute atomic E-state index is 14.2. The molecule has 2 fully saturated rings. The maximum atomic E-state index is 14.2.